The molecule has 2 aromatic heterocycles. The predicted molar refractivity (Wildman–Crippen MR) is 104 cm³/mol. The molecule has 0 bridgehead atoms. The van der Waals surface area contributed by atoms with Crippen LogP contribution in [0, 0.1) is 12.8 Å². The van der Waals surface area contributed by atoms with Gasteiger partial charge >= 0.3 is 0 Å². The van der Waals surface area contributed by atoms with Crippen LogP contribution in [0.25, 0.3) is 0 Å². The Morgan fingerprint density at radius 1 is 1.46 bits per heavy atom. The smallest absolute Gasteiger partial charge is 0.223 e. The molecule has 7 heteroatoms. The first-order valence-corrected chi connectivity index (χ1v) is 9.80. The average Bonchev–Trinajstić information content (AvgIpc) is 3.03. The molecule has 1 aliphatic rings. The highest BCUT2D eigenvalue weighted by molar-refractivity contribution is 7.15. The number of hydrogen-bond acceptors (Lipinski definition) is 6. The lowest BCUT2D eigenvalue weighted by Gasteiger charge is -2.32. The van der Waals surface area contributed by atoms with Gasteiger partial charge in [0.15, 0.2) is 5.13 Å². The van der Waals surface area contributed by atoms with E-state index in [1.54, 1.807) is 18.4 Å². The lowest BCUT2D eigenvalue weighted by Crippen LogP contribution is -2.35. The van der Waals surface area contributed by atoms with Gasteiger partial charge in [0.1, 0.15) is 0 Å². The average molecular weight is 375 g/mol. The summed E-state index contributed by atoms with van der Waals surface area (Å²) in [7, 11) is 1.69. The van der Waals surface area contributed by atoms with E-state index in [4.69, 9.17) is 4.74 Å². The maximum absolute atomic E-state index is 11.1. The molecule has 1 aliphatic heterocycles. The van der Waals surface area contributed by atoms with E-state index in [1.165, 1.54) is 30.2 Å². The van der Waals surface area contributed by atoms with Crippen LogP contribution in [-0.4, -0.2) is 41.0 Å². The second-order valence-corrected chi connectivity index (χ2v) is 8.00. The molecule has 6 nitrogen and oxygen atoms in total. The third-order valence-electron chi connectivity index (χ3n) is 4.60. The fourth-order valence-electron chi connectivity index (χ4n) is 3.48. The Balaban J connectivity index is 1.59. The second kappa shape index (κ2) is 8.60. The van der Waals surface area contributed by atoms with Crippen LogP contribution in [0.1, 0.15) is 35.9 Å². The number of aromatic nitrogens is 2. The summed E-state index contributed by atoms with van der Waals surface area (Å²) < 4.78 is 5.46. The number of aryl methyl sites for hydroxylation is 1. The summed E-state index contributed by atoms with van der Waals surface area (Å²) >= 11 is 1.55. The summed E-state index contributed by atoms with van der Waals surface area (Å²) in [5.41, 5.74) is 2.17. The van der Waals surface area contributed by atoms with Crippen molar-refractivity contribution in [1.29, 1.82) is 0 Å². The minimum Gasteiger partial charge on any atom is -0.481 e. The molecular weight excluding hydrogens is 348 g/mol. The molecule has 0 saturated carbocycles. The number of ether oxygens (including phenoxy) is 1. The topological polar surface area (TPSA) is 67.3 Å². The van der Waals surface area contributed by atoms with Gasteiger partial charge < -0.3 is 10.1 Å². The lowest BCUT2D eigenvalue weighted by molar-refractivity contribution is -0.114. The number of nitrogens with one attached hydrogen (secondary N) is 1. The van der Waals surface area contributed by atoms with Crippen LogP contribution in [0.2, 0.25) is 0 Å². The Morgan fingerprint density at radius 2 is 2.31 bits per heavy atom. The molecule has 0 spiro atoms. The van der Waals surface area contributed by atoms with E-state index in [0.29, 0.717) is 11.0 Å². The van der Waals surface area contributed by atoms with E-state index in [9.17, 15) is 4.79 Å². The van der Waals surface area contributed by atoms with E-state index >= 15 is 0 Å². The van der Waals surface area contributed by atoms with Crippen molar-refractivity contribution < 1.29 is 9.53 Å². The number of hydrogen-bond donors (Lipinski definition) is 1. The molecule has 2 aromatic rings. The maximum atomic E-state index is 11.1. The van der Waals surface area contributed by atoms with Gasteiger partial charge in [-0.05, 0) is 44.7 Å². The number of carbonyl (C=O) groups is 1. The molecule has 0 aliphatic carbocycles. The van der Waals surface area contributed by atoms with Crippen LogP contribution in [0.4, 0.5) is 5.13 Å². The van der Waals surface area contributed by atoms with E-state index in [1.807, 2.05) is 13.1 Å². The minimum atomic E-state index is -0.0791. The first-order valence-electron chi connectivity index (χ1n) is 8.98. The van der Waals surface area contributed by atoms with Crippen molar-refractivity contribution in [1.82, 2.24) is 14.9 Å². The van der Waals surface area contributed by atoms with Crippen LogP contribution < -0.4 is 10.1 Å². The molecule has 1 saturated heterocycles. The first kappa shape index (κ1) is 18.8. The molecule has 1 amide bonds. The molecular formula is C19H26N4O2S. The zero-order chi connectivity index (χ0) is 18.5. The molecule has 1 fully saturated rings. The van der Waals surface area contributed by atoms with Gasteiger partial charge in [-0.2, -0.15) is 0 Å². The van der Waals surface area contributed by atoms with Crippen LogP contribution in [0.3, 0.4) is 0 Å². The highest BCUT2D eigenvalue weighted by Crippen LogP contribution is 2.27. The third-order valence-corrected chi connectivity index (χ3v) is 5.50. The fraction of sp³-hybridized carbons (Fsp3) is 0.526. The largest absolute Gasteiger partial charge is 0.481 e. The fourth-order valence-corrected chi connectivity index (χ4v) is 4.38. The van der Waals surface area contributed by atoms with Crippen LogP contribution >= 0.6 is 11.3 Å². The quantitative estimate of drug-likeness (QED) is 0.840. The Morgan fingerprint density at radius 3 is 3.08 bits per heavy atom. The Hall–Kier alpha value is -1.99. The predicted octanol–water partition coefficient (Wildman–Crippen LogP) is 3.27. The van der Waals surface area contributed by atoms with Gasteiger partial charge in [0.2, 0.25) is 11.8 Å². The Bertz CT molecular complexity index is 762. The van der Waals surface area contributed by atoms with Gasteiger partial charge in [-0.25, -0.2) is 9.97 Å². The Labute approximate surface area is 158 Å². The highest BCUT2D eigenvalue weighted by atomic mass is 32.1. The molecule has 0 radical (unpaired) electrons. The van der Waals surface area contributed by atoms with Crippen molar-refractivity contribution in [3.8, 4) is 5.88 Å². The summed E-state index contributed by atoms with van der Waals surface area (Å²) in [6.07, 6.45) is 5.29. The number of piperidine rings is 1. The normalized spacial score (nSPS) is 17.9. The molecule has 1 N–H and O–H groups in total. The van der Waals surface area contributed by atoms with Crippen LogP contribution in [0.5, 0.6) is 5.88 Å². The summed E-state index contributed by atoms with van der Waals surface area (Å²) in [5, 5.41) is 3.43. The SMILES string of the molecule is COc1nc(C)ccc1CC1CCCN(Cc2cnc(NC(C)=O)s2)C1. The van der Waals surface area contributed by atoms with Crippen molar-refractivity contribution >= 4 is 22.4 Å². The van der Waals surface area contributed by atoms with Gasteiger partial charge in [0, 0.05) is 42.3 Å². The standard InChI is InChI=1S/C19H26N4O2S/c1-13-6-7-16(18(21-13)25-3)9-15-5-4-8-23(11-15)12-17-10-20-19(26-17)22-14(2)24/h6-7,10,15H,4-5,8-9,11-12H2,1-3H3,(H,20,22,24). The van der Waals surface area contributed by atoms with Crippen molar-refractivity contribution in [3.05, 3.63) is 34.5 Å². The molecule has 140 valence electrons. The number of rotatable bonds is 6. The molecule has 26 heavy (non-hydrogen) atoms. The third kappa shape index (κ3) is 5.02. The number of anilines is 1. The zero-order valence-corrected chi connectivity index (χ0v) is 16.4. The monoisotopic (exact) mass is 374 g/mol. The van der Waals surface area contributed by atoms with Crippen molar-refractivity contribution in [2.75, 3.05) is 25.5 Å². The van der Waals surface area contributed by atoms with Crippen molar-refractivity contribution in [2.24, 2.45) is 5.92 Å². The lowest BCUT2D eigenvalue weighted by atomic mass is 9.91. The van der Waals surface area contributed by atoms with Crippen LogP contribution in [-0.2, 0) is 17.8 Å². The van der Waals surface area contributed by atoms with E-state index in [2.05, 4.69) is 32.3 Å². The number of methoxy groups -OCH3 is 1. The number of likely N-dealkylation sites (tertiary alicyclic amines) is 1. The van der Waals surface area contributed by atoms with Gasteiger partial charge in [-0.3, -0.25) is 9.69 Å². The van der Waals surface area contributed by atoms with Crippen molar-refractivity contribution in [3.63, 3.8) is 0 Å². The second-order valence-electron chi connectivity index (χ2n) is 6.88. The number of pyridine rings is 1. The van der Waals surface area contributed by atoms with E-state index in [0.717, 1.165) is 37.6 Å². The Kier molecular flexibility index (Phi) is 6.21. The first-order chi connectivity index (χ1) is 12.5. The van der Waals surface area contributed by atoms with Crippen molar-refractivity contribution in [2.45, 2.75) is 39.7 Å². The summed E-state index contributed by atoms with van der Waals surface area (Å²) in [4.78, 5) is 23.6. The van der Waals surface area contributed by atoms with E-state index < -0.39 is 0 Å². The summed E-state index contributed by atoms with van der Waals surface area (Å²) in [6.45, 7) is 6.54. The zero-order valence-electron chi connectivity index (χ0n) is 15.6. The number of nitrogens with zero attached hydrogens (tertiary/aromatic N) is 3. The summed E-state index contributed by atoms with van der Waals surface area (Å²) in [5.74, 6) is 1.28. The molecule has 0 aromatic carbocycles. The van der Waals surface area contributed by atoms with Gasteiger partial charge in [-0.15, -0.1) is 11.3 Å². The minimum absolute atomic E-state index is 0.0791. The van der Waals surface area contributed by atoms with Gasteiger partial charge in [0.25, 0.3) is 0 Å². The highest BCUT2D eigenvalue weighted by Gasteiger charge is 2.22. The molecule has 1 atom stereocenters. The van der Waals surface area contributed by atoms with Gasteiger partial charge in [0.05, 0.1) is 7.11 Å². The van der Waals surface area contributed by atoms with Gasteiger partial charge in [-0.1, -0.05) is 6.07 Å². The number of carbonyl (C=O) groups excluding carboxylic acids is 1. The van der Waals surface area contributed by atoms with Crippen LogP contribution in [0.15, 0.2) is 18.3 Å². The van der Waals surface area contributed by atoms with E-state index in [-0.39, 0.29) is 5.91 Å². The number of thiazole rings is 1. The summed E-state index contributed by atoms with van der Waals surface area (Å²) in [6, 6.07) is 4.20. The number of amides is 1. The molecule has 1 unspecified atom stereocenters. The molecule has 3 rings (SSSR count). The maximum Gasteiger partial charge on any atom is 0.223 e. The molecule has 3 heterocycles.